The fraction of sp³-hybridized carbons (Fsp3) is 0.478. The molecule has 1 aromatic carbocycles. The molecule has 1 aliphatic carbocycles. The second-order valence-electron chi connectivity index (χ2n) is 8.37. The highest BCUT2D eigenvalue weighted by Gasteiger charge is 2.34. The van der Waals surface area contributed by atoms with E-state index >= 15 is 0 Å². The second-order valence-corrected chi connectivity index (χ2v) is 8.37. The first-order valence-corrected chi connectivity index (χ1v) is 9.87. The molecule has 0 radical (unpaired) electrons. The van der Waals surface area contributed by atoms with Gasteiger partial charge in [-0.25, -0.2) is 0 Å². The summed E-state index contributed by atoms with van der Waals surface area (Å²) in [5.41, 5.74) is 4.66. The van der Waals surface area contributed by atoms with Crippen molar-refractivity contribution in [3.63, 3.8) is 0 Å². The molecule has 0 saturated carbocycles. The number of ketones is 1. The average molecular weight is 367 g/mol. The van der Waals surface area contributed by atoms with E-state index in [1.807, 2.05) is 19.9 Å². The predicted molar refractivity (Wildman–Crippen MR) is 112 cm³/mol. The lowest BCUT2D eigenvalue weighted by Crippen LogP contribution is -2.29. The number of allylic oxidation sites excluding steroid dienone is 2. The van der Waals surface area contributed by atoms with Crippen molar-refractivity contribution in [1.29, 1.82) is 0 Å². The van der Waals surface area contributed by atoms with Gasteiger partial charge in [0, 0.05) is 41.7 Å². The summed E-state index contributed by atoms with van der Waals surface area (Å²) in [5, 5.41) is 11.7. The zero-order valence-corrected chi connectivity index (χ0v) is 16.9. The van der Waals surface area contributed by atoms with Crippen LogP contribution in [-0.4, -0.2) is 28.1 Å². The molecule has 2 N–H and O–H groups in total. The Kier molecular flexibility index (Phi) is 5.54. The van der Waals surface area contributed by atoms with Crippen molar-refractivity contribution in [2.75, 3.05) is 6.54 Å². The van der Waals surface area contributed by atoms with Crippen molar-refractivity contribution in [1.82, 2.24) is 4.98 Å². The van der Waals surface area contributed by atoms with Crippen molar-refractivity contribution in [2.24, 2.45) is 10.4 Å². The molecule has 0 spiro atoms. The molecule has 27 heavy (non-hydrogen) atoms. The first-order chi connectivity index (χ1) is 12.8. The molecular weight excluding hydrogens is 336 g/mol. The number of aromatic amines is 1. The number of carbonyl (C=O) groups excluding carboxylic acids is 1. The maximum absolute atomic E-state index is 12.7. The number of benzene rings is 1. The Labute approximate surface area is 161 Å². The fourth-order valence-corrected chi connectivity index (χ4v) is 4.10. The van der Waals surface area contributed by atoms with E-state index in [0.717, 1.165) is 30.5 Å². The minimum Gasteiger partial charge on any atom is -0.511 e. The SMILES string of the molecule is CCCC(=NCCc1c(C)[nH]c2ccccc12)C1=C(O)CC(C)(C)CC1=O. The summed E-state index contributed by atoms with van der Waals surface area (Å²) >= 11 is 0. The lowest BCUT2D eigenvalue weighted by Gasteiger charge is -2.30. The lowest BCUT2D eigenvalue weighted by molar-refractivity contribution is -0.117. The van der Waals surface area contributed by atoms with E-state index in [-0.39, 0.29) is 17.0 Å². The van der Waals surface area contributed by atoms with Crippen molar-refractivity contribution < 1.29 is 9.90 Å². The average Bonchev–Trinajstić information content (AvgIpc) is 2.89. The number of aliphatic hydroxyl groups excluding tert-OH is 1. The standard InChI is InChI=1S/C23H30N2O2/c1-5-8-19(22-20(26)13-23(3,4)14-21(22)27)24-12-11-16-15(2)25-18-10-7-6-9-17(16)18/h6-7,9-10,25-26H,5,8,11-14H2,1-4H3. The second kappa shape index (κ2) is 7.71. The first kappa shape index (κ1) is 19.4. The molecule has 1 heterocycles. The van der Waals surface area contributed by atoms with Crippen LogP contribution < -0.4 is 0 Å². The van der Waals surface area contributed by atoms with Gasteiger partial charge >= 0.3 is 0 Å². The summed E-state index contributed by atoms with van der Waals surface area (Å²) < 4.78 is 0. The number of para-hydroxylation sites is 1. The zero-order chi connectivity index (χ0) is 19.6. The predicted octanol–water partition coefficient (Wildman–Crippen LogP) is 5.46. The number of H-pyrrole nitrogens is 1. The quantitative estimate of drug-likeness (QED) is 0.667. The van der Waals surface area contributed by atoms with E-state index in [1.54, 1.807) is 0 Å². The fourth-order valence-electron chi connectivity index (χ4n) is 4.10. The first-order valence-electron chi connectivity index (χ1n) is 9.87. The highest BCUT2D eigenvalue weighted by molar-refractivity contribution is 6.23. The normalized spacial score (nSPS) is 17.8. The third kappa shape index (κ3) is 4.15. The molecule has 0 atom stereocenters. The molecule has 0 unspecified atom stereocenters. The van der Waals surface area contributed by atoms with Crippen molar-refractivity contribution >= 4 is 22.4 Å². The van der Waals surface area contributed by atoms with Crippen LogP contribution in [0.3, 0.4) is 0 Å². The monoisotopic (exact) mass is 366 g/mol. The molecule has 0 fully saturated rings. The number of Topliss-reactive ketones (excluding diaryl/α,β-unsaturated/α-hetero) is 1. The van der Waals surface area contributed by atoms with Gasteiger partial charge in [-0.15, -0.1) is 0 Å². The molecule has 0 aliphatic heterocycles. The smallest absolute Gasteiger partial charge is 0.168 e. The van der Waals surface area contributed by atoms with E-state index in [1.165, 1.54) is 16.6 Å². The van der Waals surface area contributed by atoms with Gasteiger partial charge in [0.25, 0.3) is 0 Å². The molecule has 4 heteroatoms. The number of fused-ring (bicyclic) bond motifs is 1. The Morgan fingerprint density at radius 1 is 1.26 bits per heavy atom. The maximum atomic E-state index is 12.7. The van der Waals surface area contributed by atoms with Gasteiger partial charge in [0.05, 0.1) is 5.57 Å². The highest BCUT2D eigenvalue weighted by atomic mass is 16.3. The van der Waals surface area contributed by atoms with Gasteiger partial charge in [0.2, 0.25) is 0 Å². The van der Waals surface area contributed by atoms with Crippen LogP contribution in [0.25, 0.3) is 10.9 Å². The lowest BCUT2D eigenvalue weighted by atomic mass is 9.75. The van der Waals surface area contributed by atoms with Crippen LogP contribution in [0.1, 0.15) is 57.7 Å². The molecule has 1 aliphatic rings. The minimum absolute atomic E-state index is 0.0271. The zero-order valence-electron chi connectivity index (χ0n) is 16.9. The number of hydrogen-bond donors (Lipinski definition) is 2. The van der Waals surface area contributed by atoms with Crippen LogP contribution in [-0.2, 0) is 11.2 Å². The van der Waals surface area contributed by atoms with E-state index < -0.39 is 0 Å². The molecule has 0 saturated heterocycles. The summed E-state index contributed by atoms with van der Waals surface area (Å²) in [6.45, 7) is 8.83. The summed E-state index contributed by atoms with van der Waals surface area (Å²) in [6.07, 6.45) is 3.45. The molecule has 4 nitrogen and oxygen atoms in total. The molecule has 144 valence electrons. The van der Waals surface area contributed by atoms with E-state index in [4.69, 9.17) is 4.99 Å². The number of nitrogens with one attached hydrogen (secondary N) is 1. The van der Waals surface area contributed by atoms with Crippen LogP contribution in [0.4, 0.5) is 0 Å². The Bertz CT molecular complexity index is 916. The summed E-state index contributed by atoms with van der Waals surface area (Å²) in [4.78, 5) is 20.9. The Morgan fingerprint density at radius 3 is 2.70 bits per heavy atom. The highest BCUT2D eigenvalue weighted by Crippen LogP contribution is 2.36. The Hall–Kier alpha value is -2.36. The van der Waals surface area contributed by atoms with Gasteiger partial charge in [-0.2, -0.15) is 0 Å². The number of aliphatic imine (C=N–C) groups is 1. The molecule has 0 amide bonds. The topological polar surface area (TPSA) is 65.4 Å². The van der Waals surface area contributed by atoms with Crippen LogP contribution >= 0.6 is 0 Å². The van der Waals surface area contributed by atoms with Crippen LogP contribution in [0, 0.1) is 12.3 Å². The van der Waals surface area contributed by atoms with Crippen LogP contribution in [0.5, 0.6) is 0 Å². The Balaban J connectivity index is 1.84. The number of rotatable bonds is 6. The molecule has 3 rings (SSSR count). The van der Waals surface area contributed by atoms with E-state index in [2.05, 4.69) is 37.0 Å². The Morgan fingerprint density at radius 2 is 2.00 bits per heavy atom. The number of aryl methyl sites for hydroxylation is 1. The minimum atomic E-state index is -0.177. The van der Waals surface area contributed by atoms with Crippen LogP contribution in [0.2, 0.25) is 0 Å². The number of carbonyl (C=O) groups is 1. The number of aliphatic hydroxyl groups is 1. The summed E-state index contributed by atoms with van der Waals surface area (Å²) in [6, 6.07) is 8.30. The largest absolute Gasteiger partial charge is 0.511 e. The number of nitrogens with zero attached hydrogens (tertiary/aromatic N) is 1. The maximum Gasteiger partial charge on any atom is 0.168 e. The third-order valence-corrected chi connectivity index (χ3v) is 5.32. The van der Waals surface area contributed by atoms with E-state index in [0.29, 0.717) is 25.0 Å². The summed E-state index contributed by atoms with van der Waals surface area (Å²) in [7, 11) is 0. The van der Waals surface area contributed by atoms with Gasteiger partial charge in [0.15, 0.2) is 5.78 Å². The summed E-state index contributed by atoms with van der Waals surface area (Å²) in [5.74, 6) is 0.242. The molecular formula is C23H30N2O2. The molecule has 2 aromatic rings. The number of aromatic nitrogens is 1. The molecule has 1 aromatic heterocycles. The van der Waals surface area contributed by atoms with E-state index in [9.17, 15) is 9.90 Å². The van der Waals surface area contributed by atoms with Gasteiger partial charge < -0.3 is 10.1 Å². The van der Waals surface area contributed by atoms with Gasteiger partial charge in [-0.1, -0.05) is 45.4 Å². The molecule has 0 bridgehead atoms. The third-order valence-electron chi connectivity index (χ3n) is 5.32. The van der Waals surface area contributed by atoms with Gasteiger partial charge in [-0.3, -0.25) is 9.79 Å². The van der Waals surface area contributed by atoms with Crippen LogP contribution in [0.15, 0.2) is 40.6 Å². The number of hydrogen-bond acceptors (Lipinski definition) is 3. The van der Waals surface area contributed by atoms with Gasteiger partial charge in [-0.05, 0) is 36.8 Å². The van der Waals surface area contributed by atoms with Crippen molar-refractivity contribution in [2.45, 2.75) is 59.8 Å². The van der Waals surface area contributed by atoms with Gasteiger partial charge in [0.1, 0.15) is 5.76 Å². The van der Waals surface area contributed by atoms with Crippen molar-refractivity contribution in [3.8, 4) is 0 Å². The van der Waals surface area contributed by atoms with Crippen molar-refractivity contribution in [3.05, 3.63) is 46.9 Å².